The van der Waals surface area contributed by atoms with E-state index in [1.807, 2.05) is 41.3 Å². The van der Waals surface area contributed by atoms with Crippen LogP contribution in [0.15, 0.2) is 48.8 Å². The molecule has 3 rings (SSSR count). The quantitative estimate of drug-likeness (QED) is 0.775. The van der Waals surface area contributed by atoms with Crippen LogP contribution in [0.2, 0.25) is 0 Å². The second kappa shape index (κ2) is 5.10. The highest BCUT2D eigenvalue weighted by Crippen LogP contribution is 2.19. The Hall–Kier alpha value is -2.36. The SMILES string of the molecule is CCCNc1cc(-n2ncc3ccccc32)ccn1. The number of aromatic nitrogens is 3. The molecular formula is C15H16N4. The van der Waals surface area contributed by atoms with Gasteiger partial charge in [0.05, 0.1) is 17.4 Å². The Morgan fingerprint density at radius 2 is 2.11 bits per heavy atom. The highest BCUT2D eigenvalue weighted by Gasteiger charge is 2.04. The van der Waals surface area contributed by atoms with Crippen LogP contribution in [0.5, 0.6) is 0 Å². The maximum absolute atomic E-state index is 4.45. The van der Waals surface area contributed by atoms with Gasteiger partial charge in [-0.1, -0.05) is 25.1 Å². The van der Waals surface area contributed by atoms with Crippen molar-refractivity contribution in [2.24, 2.45) is 0 Å². The Morgan fingerprint density at radius 3 is 3.00 bits per heavy atom. The number of pyridine rings is 1. The minimum absolute atomic E-state index is 0.888. The average molecular weight is 252 g/mol. The molecule has 0 aliphatic heterocycles. The number of nitrogens with one attached hydrogen (secondary N) is 1. The van der Waals surface area contributed by atoms with Crippen LogP contribution in [0, 0.1) is 0 Å². The van der Waals surface area contributed by atoms with E-state index < -0.39 is 0 Å². The maximum Gasteiger partial charge on any atom is 0.128 e. The summed E-state index contributed by atoms with van der Waals surface area (Å²) in [6.07, 6.45) is 4.77. The fraction of sp³-hybridized carbons (Fsp3) is 0.200. The third kappa shape index (κ3) is 2.29. The van der Waals surface area contributed by atoms with Gasteiger partial charge in [-0.05, 0) is 18.6 Å². The summed E-state index contributed by atoms with van der Waals surface area (Å²) in [6, 6.07) is 12.2. The summed E-state index contributed by atoms with van der Waals surface area (Å²) in [4.78, 5) is 4.31. The van der Waals surface area contributed by atoms with Gasteiger partial charge in [0.15, 0.2) is 0 Å². The largest absolute Gasteiger partial charge is 0.370 e. The lowest BCUT2D eigenvalue weighted by Crippen LogP contribution is -2.03. The summed E-state index contributed by atoms with van der Waals surface area (Å²) < 4.78 is 1.94. The van der Waals surface area contributed by atoms with Crippen molar-refractivity contribution in [3.8, 4) is 5.69 Å². The molecule has 0 amide bonds. The molecule has 0 aliphatic rings. The third-order valence-corrected chi connectivity index (χ3v) is 3.02. The number of rotatable bonds is 4. The number of hydrogen-bond donors (Lipinski definition) is 1. The topological polar surface area (TPSA) is 42.7 Å². The van der Waals surface area contributed by atoms with Gasteiger partial charge in [0, 0.05) is 24.2 Å². The molecule has 1 N–H and O–H groups in total. The molecule has 0 unspecified atom stereocenters. The monoisotopic (exact) mass is 252 g/mol. The predicted octanol–water partition coefficient (Wildman–Crippen LogP) is 3.24. The molecule has 96 valence electrons. The highest BCUT2D eigenvalue weighted by atomic mass is 15.3. The molecule has 0 bridgehead atoms. The Balaban J connectivity index is 2.01. The Bertz CT molecular complexity index is 687. The van der Waals surface area contributed by atoms with E-state index in [4.69, 9.17) is 0 Å². The Labute approximate surface area is 112 Å². The lowest BCUT2D eigenvalue weighted by atomic mass is 10.2. The molecule has 0 radical (unpaired) electrons. The molecule has 2 heterocycles. The Kier molecular flexibility index (Phi) is 3.14. The molecule has 4 nitrogen and oxygen atoms in total. The minimum Gasteiger partial charge on any atom is -0.370 e. The highest BCUT2D eigenvalue weighted by molar-refractivity contribution is 5.80. The standard InChI is InChI=1S/C15H16N4/c1-2-8-16-15-10-13(7-9-17-15)19-14-6-4-3-5-12(14)11-18-19/h3-7,9-11H,2,8H2,1H3,(H,16,17). The first-order chi connectivity index (χ1) is 9.38. The number of hydrogen-bond acceptors (Lipinski definition) is 3. The average Bonchev–Trinajstić information content (AvgIpc) is 2.89. The van der Waals surface area contributed by atoms with Crippen molar-refractivity contribution in [3.05, 3.63) is 48.8 Å². The third-order valence-electron chi connectivity index (χ3n) is 3.02. The molecule has 2 aromatic heterocycles. The first-order valence-corrected chi connectivity index (χ1v) is 6.51. The molecular weight excluding hydrogens is 236 g/mol. The van der Waals surface area contributed by atoms with Gasteiger partial charge in [0.25, 0.3) is 0 Å². The number of para-hydroxylation sites is 1. The van der Waals surface area contributed by atoms with E-state index in [1.54, 1.807) is 0 Å². The molecule has 1 aromatic carbocycles. The second-order valence-electron chi connectivity index (χ2n) is 4.44. The number of nitrogens with zero attached hydrogens (tertiary/aromatic N) is 3. The van der Waals surface area contributed by atoms with Gasteiger partial charge >= 0.3 is 0 Å². The van der Waals surface area contributed by atoms with E-state index in [9.17, 15) is 0 Å². The number of benzene rings is 1. The van der Waals surface area contributed by atoms with Crippen molar-refractivity contribution >= 4 is 16.7 Å². The van der Waals surface area contributed by atoms with Gasteiger partial charge in [0.2, 0.25) is 0 Å². The van der Waals surface area contributed by atoms with E-state index in [-0.39, 0.29) is 0 Å². The molecule has 19 heavy (non-hydrogen) atoms. The predicted molar refractivity (Wildman–Crippen MR) is 77.6 cm³/mol. The minimum atomic E-state index is 0.888. The van der Waals surface area contributed by atoms with Crippen molar-refractivity contribution in [1.29, 1.82) is 0 Å². The molecule has 0 spiro atoms. The van der Waals surface area contributed by atoms with Crippen LogP contribution in [-0.2, 0) is 0 Å². The van der Waals surface area contributed by atoms with Crippen LogP contribution < -0.4 is 5.32 Å². The van der Waals surface area contributed by atoms with Gasteiger partial charge in [0.1, 0.15) is 5.82 Å². The summed E-state index contributed by atoms with van der Waals surface area (Å²) >= 11 is 0. The van der Waals surface area contributed by atoms with Crippen molar-refractivity contribution in [2.75, 3.05) is 11.9 Å². The molecule has 0 fully saturated rings. The van der Waals surface area contributed by atoms with Crippen molar-refractivity contribution in [1.82, 2.24) is 14.8 Å². The summed E-state index contributed by atoms with van der Waals surface area (Å²) in [6.45, 7) is 3.06. The molecule has 0 saturated carbocycles. The van der Waals surface area contributed by atoms with Gasteiger partial charge in [-0.25, -0.2) is 9.67 Å². The van der Waals surface area contributed by atoms with Crippen LogP contribution >= 0.6 is 0 Å². The van der Waals surface area contributed by atoms with E-state index in [0.717, 1.165) is 35.4 Å². The second-order valence-corrected chi connectivity index (χ2v) is 4.44. The Morgan fingerprint density at radius 1 is 1.21 bits per heavy atom. The molecule has 0 atom stereocenters. The molecule has 0 saturated heterocycles. The zero-order valence-electron chi connectivity index (χ0n) is 10.9. The number of anilines is 1. The molecule has 3 aromatic rings. The van der Waals surface area contributed by atoms with Crippen LogP contribution in [0.3, 0.4) is 0 Å². The number of fused-ring (bicyclic) bond motifs is 1. The molecule has 4 heteroatoms. The summed E-state index contributed by atoms with van der Waals surface area (Å²) in [5.41, 5.74) is 2.13. The van der Waals surface area contributed by atoms with Crippen LogP contribution in [0.1, 0.15) is 13.3 Å². The summed E-state index contributed by atoms with van der Waals surface area (Å²) in [5.74, 6) is 0.888. The molecule has 0 aliphatic carbocycles. The van der Waals surface area contributed by atoms with Crippen molar-refractivity contribution in [2.45, 2.75) is 13.3 Å². The van der Waals surface area contributed by atoms with Crippen LogP contribution in [0.4, 0.5) is 5.82 Å². The normalized spacial score (nSPS) is 10.8. The zero-order valence-corrected chi connectivity index (χ0v) is 10.9. The van der Waals surface area contributed by atoms with E-state index in [1.165, 1.54) is 0 Å². The first kappa shape index (κ1) is 11.7. The van der Waals surface area contributed by atoms with Gasteiger partial charge in [-0.2, -0.15) is 5.10 Å². The van der Waals surface area contributed by atoms with Gasteiger partial charge < -0.3 is 5.32 Å². The van der Waals surface area contributed by atoms with E-state index in [2.05, 4.69) is 34.5 Å². The van der Waals surface area contributed by atoms with Gasteiger partial charge in [-0.15, -0.1) is 0 Å². The smallest absolute Gasteiger partial charge is 0.128 e. The lowest BCUT2D eigenvalue weighted by Gasteiger charge is -2.07. The fourth-order valence-electron chi connectivity index (χ4n) is 2.08. The maximum atomic E-state index is 4.45. The zero-order chi connectivity index (χ0) is 13.1. The summed E-state index contributed by atoms with van der Waals surface area (Å²) in [7, 11) is 0. The van der Waals surface area contributed by atoms with E-state index >= 15 is 0 Å². The van der Waals surface area contributed by atoms with Crippen LogP contribution in [-0.4, -0.2) is 21.3 Å². The van der Waals surface area contributed by atoms with Crippen LogP contribution in [0.25, 0.3) is 16.6 Å². The fourth-order valence-corrected chi connectivity index (χ4v) is 2.08. The first-order valence-electron chi connectivity index (χ1n) is 6.51. The summed E-state index contributed by atoms with van der Waals surface area (Å²) in [5, 5.41) is 8.88. The van der Waals surface area contributed by atoms with E-state index in [0.29, 0.717) is 0 Å². The van der Waals surface area contributed by atoms with Crippen molar-refractivity contribution < 1.29 is 0 Å². The van der Waals surface area contributed by atoms with Gasteiger partial charge in [-0.3, -0.25) is 0 Å². The lowest BCUT2D eigenvalue weighted by molar-refractivity contribution is 0.904. The van der Waals surface area contributed by atoms with Crippen molar-refractivity contribution in [3.63, 3.8) is 0 Å².